The second-order valence-corrected chi connectivity index (χ2v) is 8.38. The lowest BCUT2D eigenvalue weighted by Gasteiger charge is -2.11. The van der Waals surface area contributed by atoms with Gasteiger partial charge in [0.25, 0.3) is 0 Å². The number of hydrogen-bond donors (Lipinski definition) is 2. The molecule has 0 saturated carbocycles. The third kappa shape index (κ3) is 4.04. The Bertz CT molecular complexity index is 1410. The molecule has 4 aromatic carbocycles. The van der Waals surface area contributed by atoms with Crippen LogP contribution in [0.15, 0.2) is 134 Å². The normalized spacial score (nSPS) is 10.9. The van der Waals surface area contributed by atoms with E-state index in [1.165, 1.54) is 0 Å². The molecule has 0 radical (unpaired) electrons. The summed E-state index contributed by atoms with van der Waals surface area (Å²) in [5.74, 6) is 1.40. The Labute approximate surface area is 204 Å². The largest absolute Gasteiger partial charge is 0.423 e. The lowest BCUT2D eigenvalue weighted by Crippen LogP contribution is -1.91. The molecule has 0 aliphatic heterocycles. The summed E-state index contributed by atoms with van der Waals surface area (Å²) in [5.41, 5.74) is 8.73. The van der Waals surface area contributed by atoms with Crippen molar-refractivity contribution >= 4 is 0 Å². The molecule has 0 atom stereocenters. The molecule has 0 fully saturated rings. The number of aromatic nitrogens is 2. The van der Waals surface area contributed by atoms with E-state index in [9.17, 15) is 0 Å². The molecule has 0 spiro atoms. The van der Waals surface area contributed by atoms with Crippen molar-refractivity contribution in [3.63, 3.8) is 0 Å². The van der Waals surface area contributed by atoms with Crippen LogP contribution >= 0.6 is 0 Å². The van der Waals surface area contributed by atoms with Crippen molar-refractivity contribution in [1.82, 2.24) is 9.97 Å². The SMILES string of the molecule is c1ccc(-c2c[nH]c(Oc3[nH]cc(-c4ccccc4)c3-c3ccccc3)c2-c2ccccc2)cc1. The predicted molar refractivity (Wildman–Crippen MR) is 143 cm³/mol. The first-order valence-corrected chi connectivity index (χ1v) is 11.7. The van der Waals surface area contributed by atoms with Crippen LogP contribution in [0.4, 0.5) is 0 Å². The zero-order valence-corrected chi connectivity index (χ0v) is 19.1. The molecule has 0 bridgehead atoms. The van der Waals surface area contributed by atoms with Crippen molar-refractivity contribution < 1.29 is 4.74 Å². The quantitative estimate of drug-likeness (QED) is 0.260. The summed E-state index contributed by atoms with van der Waals surface area (Å²) >= 11 is 0. The highest BCUT2D eigenvalue weighted by atomic mass is 16.5. The van der Waals surface area contributed by atoms with Gasteiger partial charge in [-0.05, 0) is 22.3 Å². The fourth-order valence-corrected chi connectivity index (χ4v) is 4.55. The van der Waals surface area contributed by atoms with Crippen LogP contribution in [0, 0.1) is 0 Å². The van der Waals surface area contributed by atoms with E-state index in [0.717, 1.165) is 44.5 Å². The first-order chi connectivity index (χ1) is 17.4. The third-order valence-corrected chi connectivity index (χ3v) is 6.19. The molecule has 0 aliphatic carbocycles. The van der Waals surface area contributed by atoms with Gasteiger partial charge in [-0.3, -0.25) is 0 Å². The van der Waals surface area contributed by atoms with E-state index in [0.29, 0.717) is 11.8 Å². The Kier molecular flexibility index (Phi) is 5.50. The van der Waals surface area contributed by atoms with Gasteiger partial charge in [0.05, 0.1) is 11.1 Å². The number of rotatable bonds is 6. The smallest absolute Gasteiger partial charge is 0.207 e. The Hall–Kier alpha value is -4.76. The van der Waals surface area contributed by atoms with Crippen LogP contribution in [0.5, 0.6) is 11.8 Å². The minimum absolute atomic E-state index is 0.702. The van der Waals surface area contributed by atoms with Gasteiger partial charge in [-0.15, -0.1) is 0 Å². The number of benzene rings is 4. The number of ether oxygens (including phenoxy) is 1. The van der Waals surface area contributed by atoms with Gasteiger partial charge in [0.2, 0.25) is 11.8 Å². The van der Waals surface area contributed by atoms with Gasteiger partial charge < -0.3 is 14.7 Å². The van der Waals surface area contributed by atoms with Gasteiger partial charge >= 0.3 is 0 Å². The van der Waals surface area contributed by atoms with Crippen LogP contribution in [-0.2, 0) is 0 Å². The van der Waals surface area contributed by atoms with Crippen LogP contribution in [0.3, 0.4) is 0 Å². The first kappa shape index (κ1) is 20.8. The first-order valence-electron chi connectivity index (χ1n) is 11.7. The van der Waals surface area contributed by atoms with Crippen LogP contribution in [0.25, 0.3) is 44.5 Å². The zero-order valence-electron chi connectivity index (χ0n) is 19.1. The highest BCUT2D eigenvalue weighted by Crippen LogP contribution is 2.45. The fourth-order valence-electron chi connectivity index (χ4n) is 4.55. The molecular formula is C32H24N2O. The molecular weight excluding hydrogens is 428 g/mol. The standard InChI is InChI=1S/C32H24N2O/c1-5-13-23(14-6-1)27-21-33-31(29(27)25-17-9-3-10-18-25)35-32-30(26-19-11-4-12-20-26)28(22-34-32)24-15-7-2-8-16-24/h1-22,33-34H. The van der Waals surface area contributed by atoms with Crippen LogP contribution in [-0.4, -0.2) is 9.97 Å². The van der Waals surface area contributed by atoms with Crippen molar-refractivity contribution in [1.29, 1.82) is 0 Å². The Morgan fingerprint density at radius 3 is 1.03 bits per heavy atom. The van der Waals surface area contributed by atoms with Gasteiger partial charge in [-0.25, -0.2) is 0 Å². The molecule has 0 aliphatic rings. The molecule has 2 aromatic heterocycles. The summed E-state index contributed by atoms with van der Waals surface area (Å²) < 4.78 is 6.64. The summed E-state index contributed by atoms with van der Waals surface area (Å²) in [6, 6.07) is 41.5. The summed E-state index contributed by atoms with van der Waals surface area (Å²) in [5, 5.41) is 0. The topological polar surface area (TPSA) is 40.8 Å². The third-order valence-electron chi connectivity index (χ3n) is 6.19. The van der Waals surface area contributed by atoms with Crippen LogP contribution in [0.1, 0.15) is 0 Å². The predicted octanol–water partition coefficient (Wildman–Crippen LogP) is 8.80. The molecule has 0 saturated heterocycles. The molecule has 3 heteroatoms. The highest BCUT2D eigenvalue weighted by Gasteiger charge is 2.21. The summed E-state index contributed by atoms with van der Waals surface area (Å²) in [6.07, 6.45) is 4.05. The van der Waals surface area contributed by atoms with E-state index < -0.39 is 0 Å². The second kappa shape index (κ2) is 9.24. The van der Waals surface area contributed by atoms with Gasteiger partial charge in [0.15, 0.2) is 0 Å². The number of nitrogens with one attached hydrogen (secondary N) is 2. The second-order valence-electron chi connectivity index (χ2n) is 8.38. The van der Waals surface area contributed by atoms with E-state index in [4.69, 9.17) is 4.74 Å². The van der Waals surface area contributed by atoms with Gasteiger partial charge in [0.1, 0.15) is 0 Å². The number of H-pyrrole nitrogens is 2. The average Bonchev–Trinajstić information content (AvgIpc) is 3.55. The maximum atomic E-state index is 6.64. The van der Waals surface area contributed by atoms with E-state index in [1.807, 2.05) is 36.7 Å². The van der Waals surface area contributed by atoms with E-state index >= 15 is 0 Å². The van der Waals surface area contributed by atoms with Gasteiger partial charge in [-0.2, -0.15) is 0 Å². The van der Waals surface area contributed by atoms with Gasteiger partial charge in [0, 0.05) is 23.5 Å². The molecule has 0 unspecified atom stereocenters. The number of hydrogen-bond acceptors (Lipinski definition) is 1. The summed E-state index contributed by atoms with van der Waals surface area (Å²) in [6.45, 7) is 0. The summed E-state index contributed by atoms with van der Waals surface area (Å²) in [7, 11) is 0. The molecule has 0 amide bonds. The van der Waals surface area contributed by atoms with Gasteiger partial charge in [-0.1, -0.05) is 121 Å². The molecule has 168 valence electrons. The minimum atomic E-state index is 0.702. The van der Waals surface area contributed by atoms with Crippen LogP contribution in [0.2, 0.25) is 0 Å². The van der Waals surface area contributed by atoms with Crippen molar-refractivity contribution in [3.05, 3.63) is 134 Å². The molecule has 6 aromatic rings. The Morgan fingerprint density at radius 1 is 0.371 bits per heavy atom. The molecule has 3 nitrogen and oxygen atoms in total. The van der Waals surface area contributed by atoms with Crippen molar-refractivity contribution in [2.45, 2.75) is 0 Å². The molecule has 2 heterocycles. The maximum Gasteiger partial charge on any atom is 0.207 e. The van der Waals surface area contributed by atoms with Crippen molar-refractivity contribution in [2.75, 3.05) is 0 Å². The fraction of sp³-hybridized carbons (Fsp3) is 0. The zero-order chi connectivity index (χ0) is 23.5. The Balaban J connectivity index is 1.50. The minimum Gasteiger partial charge on any atom is -0.423 e. The molecule has 2 N–H and O–H groups in total. The molecule has 35 heavy (non-hydrogen) atoms. The summed E-state index contributed by atoms with van der Waals surface area (Å²) in [4.78, 5) is 6.81. The van der Waals surface area contributed by atoms with E-state index in [2.05, 4.69) is 107 Å². The monoisotopic (exact) mass is 452 g/mol. The van der Waals surface area contributed by atoms with Crippen molar-refractivity contribution in [2.24, 2.45) is 0 Å². The van der Waals surface area contributed by atoms with E-state index in [-0.39, 0.29) is 0 Å². The van der Waals surface area contributed by atoms with Crippen LogP contribution < -0.4 is 4.74 Å². The van der Waals surface area contributed by atoms with Crippen molar-refractivity contribution in [3.8, 4) is 56.3 Å². The average molecular weight is 453 g/mol. The highest BCUT2D eigenvalue weighted by molar-refractivity contribution is 5.89. The van der Waals surface area contributed by atoms with E-state index in [1.54, 1.807) is 0 Å². The maximum absolute atomic E-state index is 6.64. The number of aromatic amines is 2. The lowest BCUT2D eigenvalue weighted by atomic mass is 9.98. The lowest BCUT2D eigenvalue weighted by molar-refractivity contribution is 0.454. The molecule has 6 rings (SSSR count). The Morgan fingerprint density at radius 2 is 0.686 bits per heavy atom.